The van der Waals surface area contributed by atoms with Gasteiger partial charge in [0.05, 0.1) is 5.37 Å². The van der Waals surface area contributed by atoms with E-state index in [-0.39, 0.29) is 29.8 Å². The number of nitrogens with one attached hydrogen (secondary N) is 1. The zero-order valence-corrected chi connectivity index (χ0v) is 19.1. The van der Waals surface area contributed by atoms with Crippen molar-refractivity contribution in [2.45, 2.75) is 50.1 Å². The van der Waals surface area contributed by atoms with E-state index in [1.54, 1.807) is 16.7 Å². The lowest BCUT2D eigenvalue weighted by Crippen LogP contribution is -2.51. The highest BCUT2D eigenvalue weighted by molar-refractivity contribution is 8.00. The van der Waals surface area contributed by atoms with Crippen LogP contribution in [0.5, 0.6) is 11.5 Å². The molecule has 1 aliphatic carbocycles. The van der Waals surface area contributed by atoms with Gasteiger partial charge in [-0.2, -0.15) is 0 Å². The molecule has 0 radical (unpaired) electrons. The average Bonchev–Trinajstić information content (AvgIpc) is 3.50. The van der Waals surface area contributed by atoms with Crippen molar-refractivity contribution in [3.8, 4) is 11.5 Å². The molecule has 33 heavy (non-hydrogen) atoms. The Kier molecular flexibility index (Phi) is 6.44. The molecule has 2 unspecified atom stereocenters. The summed E-state index contributed by atoms with van der Waals surface area (Å²) in [6, 6.07) is 10.6. The number of halogens is 1. The molecule has 2 aromatic carbocycles. The first kappa shape index (κ1) is 22.1. The van der Waals surface area contributed by atoms with Gasteiger partial charge in [-0.3, -0.25) is 9.59 Å². The first-order valence-corrected chi connectivity index (χ1v) is 12.5. The molecule has 2 amide bonds. The summed E-state index contributed by atoms with van der Waals surface area (Å²) in [6.45, 7) is 0.538. The third-order valence-corrected chi connectivity index (χ3v) is 8.08. The summed E-state index contributed by atoms with van der Waals surface area (Å²) >= 11 is 1.69. The summed E-state index contributed by atoms with van der Waals surface area (Å²) in [7, 11) is 0. The van der Waals surface area contributed by atoms with Gasteiger partial charge in [-0.25, -0.2) is 4.39 Å². The maximum atomic E-state index is 13.5. The van der Waals surface area contributed by atoms with Crippen molar-refractivity contribution in [3.05, 3.63) is 59.4 Å². The largest absolute Gasteiger partial charge is 0.454 e. The number of benzene rings is 2. The maximum absolute atomic E-state index is 13.5. The van der Waals surface area contributed by atoms with Gasteiger partial charge in [0.2, 0.25) is 12.7 Å². The molecule has 1 saturated carbocycles. The summed E-state index contributed by atoms with van der Waals surface area (Å²) in [4.78, 5) is 28.5. The predicted molar refractivity (Wildman–Crippen MR) is 124 cm³/mol. The van der Waals surface area contributed by atoms with Crippen molar-refractivity contribution >= 4 is 23.6 Å². The molecular formula is C25H27FN2O4S. The number of thioether (sulfide) groups is 1. The van der Waals surface area contributed by atoms with E-state index < -0.39 is 6.04 Å². The number of amides is 2. The van der Waals surface area contributed by atoms with Gasteiger partial charge in [0.1, 0.15) is 11.9 Å². The van der Waals surface area contributed by atoms with Gasteiger partial charge in [0.25, 0.3) is 5.91 Å². The summed E-state index contributed by atoms with van der Waals surface area (Å²) in [6.07, 6.45) is 5.66. The highest BCUT2D eigenvalue weighted by atomic mass is 32.2. The summed E-state index contributed by atoms with van der Waals surface area (Å²) in [5.74, 6) is 1.53. The zero-order valence-electron chi connectivity index (χ0n) is 18.3. The van der Waals surface area contributed by atoms with E-state index in [2.05, 4.69) is 5.32 Å². The normalized spacial score (nSPS) is 22.4. The molecule has 2 fully saturated rings. The lowest BCUT2D eigenvalue weighted by atomic mass is 9.88. The van der Waals surface area contributed by atoms with E-state index in [0.29, 0.717) is 35.3 Å². The van der Waals surface area contributed by atoms with Crippen LogP contribution in [0.2, 0.25) is 0 Å². The molecule has 8 heteroatoms. The molecule has 2 atom stereocenters. The molecule has 1 N–H and O–H groups in total. The van der Waals surface area contributed by atoms with Gasteiger partial charge in [0.15, 0.2) is 11.5 Å². The zero-order chi connectivity index (χ0) is 22.8. The molecule has 5 rings (SSSR count). The fraction of sp³-hybridized carbons (Fsp3) is 0.440. The van der Waals surface area contributed by atoms with Crippen molar-refractivity contribution in [1.29, 1.82) is 0 Å². The van der Waals surface area contributed by atoms with Crippen LogP contribution in [0.1, 0.15) is 48.0 Å². The Morgan fingerprint density at radius 1 is 1.03 bits per heavy atom. The number of rotatable bonds is 5. The van der Waals surface area contributed by atoms with Crippen molar-refractivity contribution < 1.29 is 23.5 Å². The Bertz CT molecular complexity index is 1030. The minimum Gasteiger partial charge on any atom is -0.454 e. The lowest BCUT2D eigenvalue weighted by Gasteiger charge is -2.35. The van der Waals surface area contributed by atoms with Crippen molar-refractivity contribution in [1.82, 2.24) is 10.2 Å². The molecule has 6 nitrogen and oxygen atoms in total. The van der Waals surface area contributed by atoms with E-state index >= 15 is 0 Å². The van der Waals surface area contributed by atoms with Gasteiger partial charge in [-0.15, -0.1) is 11.8 Å². The van der Waals surface area contributed by atoms with Crippen molar-refractivity contribution in [2.75, 3.05) is 12.5 Å². The smallest absolute Gasteiger partial charge is 0.255 e. The van der Waals surface area contributed by atoms with Crippen LogP contribution in [0.25, 0.3) is 0 Å². The molecule has 2 heterocycles. The van der Waals surface area contributed by atoms with Crippen LogP contribution < -0.4 is 14.8 Å². The summed E-state index contributed by atoms with van der Waals surface area (Å²) < 4.78 is 24.2. The third kappa shape index (κ3) is 4.67. The van der Waals surface area contributed by atoms with Gasteiger partial charge < -0.3 is 19.7 Å². The predicted octanol–water partition coefficient (Wildman–Crippen LogP) is 4.33. The molecule has 0 aromatic heterocycles. The highest BCUT2D eigenvalue weighted by Gasteiger charge is 2.45. The van der Waals surface area contributed by atoms with Crippen LogP contribution >= 0.6 is 11.8 Å². The number of ether oxygens (including phenoxy) is 2. The Morgan fingerprint density at radius 3 is 2.58 bits per heavy atom. The molecule has 3 aliphatic rings. The van der Waals surface area contributed by atoms with Crippen LogP contribution in [0.15, 0.2) is 42.5 Å². The molecule has 0 spiro atoms. The number of hydrogen-bond acceptors (Lipinski definition) is 5. The van der Waals surface area contributed by atoms with Crippen LogP contribution in [0.4, 0.5) is 4.39 Å². The molecule has 0 bridgehead atoms. The standard InChI is InChI=1S/C25H27FN2O4S/c26-19-9-7-17(8-10-19)24(30)28-20(14-33-25(28)18-4-2-1-3-5-18)23(29)27-13-16-6-11-21-22(12-16)32-15-31-21/h6-12,18,20,25H,1-5,13-15H2,(H,27,29). The third-order valence-electron chi connectivity index (χ3n) is 6.62. The van der Waals surface area contributed by atoms with E-state index in [1.807, 2.05) is 18.2 Å². The van der Waals surface area contributed by atoms with Crippen LogP contribution in [-0.4, -0.2) is 40.7 Å². The monoisotopic (exact) mass is 470 g/mol. The molecule has 1 saturated heterocycles. The SMILES string of the molecule is O=C(NCc1ccc2c(c1)OCO2)C1CSC(C2CCCCC2)N1C(=O)c1ccc(F)cc1. The van der Waals surface area contributed by atoms with Crippen LogP contribution in [0, 0.1) is 11.7 Å². The Hall–Kier alpha value is -2.74. The van der Waals surface area contributed by atoms with Crippen molar-refractivity contribution in [3.63, 3.8) is 0 Å². The second kappa shape index (κ2) is 9.63. The van der Waals surface area contributed by atoms with E-state index in [9.17, 15) is 14.0 Å². The summed E-state index contributed by atoms with van der Waals surface area (Å²) in [5.41, 5.74) is 1.31. The first-order valence-electron chi connectivity index (χ1n) is 11.5. The Morgan fingerprint density at radius 2 is 1.79 bits per heavy atom. The minimum atomic E-state index is -0.562. The van der Waals surface area contributed by atoms with Gasteiger partial charge >= 0.3 is 0 Å². The number of carbonyl (C=O) groups is 2. The second-order valence-corrected chi connectivity index (χ2v) is 9.91. The highest BCUT2D eigenvalue weighted by Crippen LogP contribution is 2.41. The first-order chi connectivity index (χ1) is 16.1. The van der Waals surface area contributed by atoms with Gasteiger partial charge in [-0.05, 0) is 60.7 Å². The number of hydrogen-bond donors (Lipinski definition) is 1. The van der Waals surface area contributed by atoms with Gasteiger partial charge in [-0.1, -0.05) is 25.3 Å². The minimum absolute atomic E-state index is 0.0378. The second-order valence-electron chi connectivity index (χ2n) is 8.76. The summed E-state index contributed by atoms with van der Waals surface area (Å²) in [5, 5.41) is 2.96. The molecule has 2 aliphatic heterocycles. The van der Waals surface area contributed by atoms with E-state index in [1.165, 1.54) is 30.7 Å². The molecular weight excluding hydrogens is 443 g/mol. The fourth-order valence-electron chi connectivity index (χ4n) is 4.87. The quantitative estimate of drug-likeness (QED) is 0.704. The molecule has 174 valence electrons. The van der Waals surface area contributed by atoms with Crippen LogP contribution in [0.3, 0.4) is 0 Å². The molecule has 2 aromatic rings. The number of fused-ring (bicyclic) bond motifs is 1. The lowest BCUT2D eigenvalue weighted by molar-refractivity contribution is -0.125. The number of nitrogens with zero attached hydrogens (tertiary/aromatic N) is 1. The maximum Gasteiger partial charge on any atom is 0.255 e. The van der Waals surface area contributed by atoms with E-state index in [4.69, 9.17) is 9.47 Å². The Labute approximate surface area is 196 Å². The van der Waals surface area contributed by atoms with Crippen molar-refractivity contribution in [2.24, 2.45) is 5.92 Å². The van der Waals surface area contributed by atoms with E-state index in [0.717, 1.165) is 31.2 Å². The number of carbonyl (C=O) groups excluding carboxylic acids is 2. The van der Waals surface area contributed by atoms with Gasteiger partial charge in [0, 0.05) is 17.9 Å². The topological polar surface area (TPSA) is 67.9 Å². The fourth-order valence-corrected chi connectivity index (χ4v) is 6.51. The average molecular weight is 471 g/mol. The Balaban J connectivity index is 1.33. The van der Waals surface area contributed by atoms with Crippen LogP contribution in [-0.2, 0) is 11.3 Å².